The van der Waals surface area contributed by atoms with Crippen LogP contribution in [0.4, 0.5) is 5.00 Å². The summed E-state index contributed by atoms with van der Waals surface area (Å²) in [6.45, 7) is 10.9. The van der Waals surface area contributed by atoms with Crippen LogP contribution in [0.5, 0.6) is 5.75 Å². The number of benzene rings is 1. The predicted octanol–water partition coefficient (Wildman–Crippen LogP) is 4.94. The van der Waals surface area contributed by atoms with Crippen LogP contribution < -0.4 is 10.1 Å². The van der Waals surface area contributed by atoms with Gasteiger partial charge in [0.2, 0.25) is 5.91 Å². The molecule has 0 aliphatic rings. The number of aryl methyl sites for hydroxylation is 2. The number of rotatable bonds is 10. The first-order chi connectivity index (χ1) is 16.3. The van der Waals surface area contributed by atoms with E-state index in [-0.39, 0.29) is 18.3 Å². The lowest BCUT2D eigenvalue weighted by Gasteiger charge is -2.11. The van der Waals surface area contributed by atoms with Crippen LogP contribution in [0.25, 0.3) is 0 Å². The lowest BCUT2D eigenvalue weighted by Crippen LogP contribution is -2.17. The van der Waals surface area contributed by atoms with Crippen LogP contribution in [0.3, 0.4) is 0 Å². The van der Waals surface area contributed by atoms with Gasteiger partial charge < -0.3 is 19.4 Å². The predicted molar refractivity (Wildman–Crippen MR) is 135 cm³/mol. The number of nitrogens with zero attached hydrogens (tertiary/aromatic N) is 3. The third-order valence-electron chi connectivity index (χ3n) is 5.56. The highest BCUT2D eigenvalue weighted by Crippen LogP contribution is 2.34. The minimum atomic E-state index is -0.441. The number of hydrogen-bond donors (Lipinski definition) is 1. The normalized spacial score (nSPS) is 10.9. The molecule has 0 fully saturated rings. The van der Waals surface area contributed by atoms with Crippen molar-refractivity contribution >= 4 is 40.0 Å². The number of carbonyl (C=O) groups is 2. The molecule has 0 aliphatic heterocycles. The van der Waals surface area contributed by atoms with Crippen molar-refractivity contribution in [1.29, 1.82) is 0 Å². The number of carbonyl (C=O) groups excluding carboxylic acids is 2. The van der Waals surface area contributed by atoms with Gasteiger partial charge in [-0.25, -0.2) is 4.79 Å². The van der Waals surface area contributed by atoms with Crippen LogP contribution in [-0.2, 0) is 29.1 Å². The average molecular weight is 503 g/mol. The molecule has 1 N–H and O–H groups in total. The fourth-order valence-electron chi connectivity index (χ4n) is 3.58. The molecule has 0 radical (unpaired) electrons. The summed E-state index contributed by atoms with van der Waals surface area (Å²) in [7, 11) is 1.34. The third-order valence-corrected chi connectivity index (χ3v) is 7.59. The number of aromatic nitrogens is 3. The van der Waals surface area contributed by atoms with Crippen molar-refractivity contribution in [3.8, 4) is 5.75 Å². The van der Waals surface area contributed by atoms with Crippen LogP contribution in [0.15, 0.2) is 23.4 Å². The highest BCUT2D eigenvalue weighted by molar-refractivity contribution is 7.99. The van der Waals surface area contributed by atoms with Gasteiger partial charge >= 0.3 is 5.97 Å². The topological polar surface area (TPSA) is 95.3 Å². The van der Waals surface area contributed by atoms with Crippen LogP contribution in [0, 0.1) is 20.8 Å². The van der Waals surface area contributed by atoms with E-state index in [0.29, 0.717) is 34.5 Å². The number of thioether (sulfide) groups is 1. The minimum absolute atomic E-state index is 0.134. The number of amides is 1. The Morgan fingerprint density at radius 1 is 1.18 bits per heavy atom. The Bertz CT molecular complexity index is 1190. The number of nitrogens with one attached hydrogen (secondary N) is 1. The lowest BCUT2D eigenvalue weighted by molar-refractivity contribution is -0.113. The molecule has 182 valence electrons. The molecule has 2 heterocycles. The number of esters is 1. The van der Waals surface area contributed by atoms with Crippen molar-refractivity contribution < 1.29 is 19.1 Å². The summed E-state index contributed by atoms with van der Waals surface area (Å²) < 4.78 is 12.8. The van der Waals surface area contributed by atoms with Crippen LogP contribution in [-0.4, -0.2) is 39.5 Å². The van der Waals surface area contributed by atoms with Crippen molar-refractivity contribution in [3.05, 3.63) is 51.2 Å². The molecular formula is C24H30N4O4S2. The average Bonchev–Trinajstić information content (AvgIpc) is 3.37. The molecule has 1 aromatic carbocycles. The first kappa shape index (κ1) is 25.8. The first-order valence-corrected chi connectivity index (χ1v) is 12.8. The molecule has 1 amide bonds. The van der Waals surface area contributed by atoms with Gasteiger partial charge in [-0.3, -0.25) is 4.79 Å². The molecule has 0 spiro atoms. The second-order valence-electron chi connectivity index (χ2n) is 7.65. The highest BCUT2D eigenvalue weighted by atomic mass is 32.2. The van der Waals surface area contributed by atoms with Gasteiger partial charge in [-0.05, 0) is 56.9 Å². The van der Waals surface area contributed by atoms with E-state index in [9.17, 15) is 9.59 Å². The van der Waals surface area contributed by atoms with Gasteiger partial charge in [0.25, 0.3) is 0 Å². The van der Waals surface area contributed by atoms with Gasteiger partial charge in [-0.1, -0.05) is 30.8 Å². The zero-order valence-electron chi connectivity index (χ0n) is 20.4. The summed E-state index contributed by atoms with van der Waals surface area (Å²) in [6, 6.07) is 5.95. The van der Waals surface area contributed by atoms with Gasteiger partial charge in [0.15, 0.2) is 11.0 Å². The second kappa shape index (κ2) is 11.5. The van der Waals surface area contributed by atoms with E-state index in [1.54, 1.807) is 0 Å². The van der Waals surface area contributed by atoms with E-state index in [2.05, 4.69) is 15.5 Å². The first-order valence-electron chi connectivity index (χ1n) is 11.0. The fourth-order valence-corrected chi connectivity index (χ4v) is 5.55. The number of thiophene rings is 1. The summed E-state index contributed by atoms with van der Waals surface area (Å²) in [4.78, 5) is 25.9. The van der Waals surface area contributed by atoms with Gasteiger partial charge in [0, 0.05) is 11.4 Å². The molecule has 10 heteroatoms. The maximum absolute atomic E-state index is 12.7. The highest BCUT2D eigenvalue weighted by Gasteiger charge is 2.23. The Hall–Kier alpha value is -2.85. The standard InChI is InChI=1S/C24H30N4O4S2/c1-7-17-16(5)34-22(21(17)23(30)31-6)25-20(29)13-33-24-27-26-19(28(24)8-2)12-32-18-11-9-10-14(3)15(18)4/h9-11H,7-8,12-13H2,1-6H3,(H,25,29). The molecule has 3 aromatic rings. The SMILES string of the molecule is CCc1c(C)sc(NC(=O)CSc2nnc(COc3cccc(C)c3C)n2CC)c1C(=O)OC. The molecule has 0 bridgehead atoms. The summed E-state index contributed by atoms with van der Waals surface area (Å²) in [5.41, 5.74) is 3.60. The summed E-state index contributed by atoms with van der Waals surface area (Å²) in [5.74, 6) is 0.981. The van der Waals surface area contributed by atoms with Crippen molar-refractivity contribution in [2.45, 2.75) is 59.3 Å². The number of anilines is 1. The third kappa shape index (κ3) is 5.61. The van der Waals surface area contributed by atoms with Crippen LogP contribution in [0.2, 0.25) is 0 Å². The molecule has 3 rings (SSSR count). The van der Waals surface area contributed by atoms with Crippen molar-refractivity contribution in [2.75, 3.05) is 18.2 Å². The van der Waals surface area contributed by atoms with E-state index in [1.807, 2.05) is 57.4 Å². The summed E-state index contributed by atoms with van der Waals surface area (Å²) >= 11 is 2.68. The van der Waals surface area contributed by atoms with Gasteiger partial charge in [0.1, 0.15) is 17.4 Å². The maximum atomic E-state index is 12.7. The zero-order valence-corrected chi connectivity index (χ0v) is 22.0. The van der Waals surface area contributed by atoms with E-state index >= 15 is 0 Å². The molecule has 2 aromatic heterocycles. The Labute approximate surface area is 208 Å². The Kier molecular flexibility index (Phi) is 8.73. The van der Waals surface area contributed by atoms with Crippen molar-refractivity contribution in [2.24, 2.45) is 0 Å². The quantitative estimate of drug-likeness (QED) is 0.310. The second-order valence-corrected chi connectivity index (χ2v) is 9.82. The van der Waals surface area contributed by atoms with Crippen LogP contribution in [0.1, 0.15) is 51.6 Å². The Morgan fingerprint density at radius 2 is 1.94 bits per heavy atom. The number of methoxy groups -OCH3 is 1. The molecular weight excluding hydrogens is 472 g/mol. The largest absolute Gasteiger partial charge is 0.485 e. The van der Waals surface area contributed by atoms with E-state index < -0.39 is 5.97 Å². The fraction of sp³-hybridized carbons (Fsp3) is 0.417. The van der Waals surface area contributed by atoms with E-state index in [1.165, 1.54) is 35.8 Å². The number of ether oxygens (including phenoxy) is 2. The summed E-state index contributed by atoms with van der Waals surface area (Å²) in [5, 5.41) is 12.6. The molecule has 0 aliphatic carbocycles. The van der Waals surface area contributed by atoms with Gasteiger partial charge in [-0.2, -0.15) is 0 Å². The molecule has 8 nitrogen and oxygen atoms in total. The maximum Gasteiger partial charge on any atom is 0.341 e. The Balaban J connectivity index is 1.66. The van der Waals surface area contributed by atoms with E-state index in [0.717, 1.165) is 21.8 Å². The molecule has 0 saturated heterocycles. The van der Waals surface area contributed by atoms with Gasteiger partial charge in [0.05, 0.1) is 18.4 Å². The number of hydrogen-bond acceptors (Lipinski definition) is 8. The molecule has 0 unspecified atom stereocenters. The molecule has 0 saturated carbocycles. The van der Waals surface area contributed by atoms with Gasteiger partial charge in [-0.15, -0.1) is 21.5 Å². The monoisotopic (exact) mass is 502 g/mol. The Morgan fingerprint density at radius 3 is 2.62 bits per heavy atom. The minimum Gasteiger partial charge on any atom is -0.485 e. The lowest BCUT2D eigenvalue weighted by atomic mass is 10.1. The smallest absolute Gasteiger partial charge is 0.341 e. The molecule has 34 heavy (non-hydrogen) atoms. The zero-order chi connectivity index (χ0) is 24.8. The summed E-state index contributed by atoms with van der Waals surface area (Å²) in [6.07, 6.45) is 0.684. The molecule has 0 atom stereocenters. The van der Waals surface area contributed by atoms with Crippen molar-refractivity contribution in [3.63, 3.8) is 0 Å². The van der Waals surface area contributed by atoms with Crippen LogP contribution >= 0.6 is 23.1 Å². The van der Waals surface area contributed by atoms with E-state index in [4.69, 9.17) is 9.47 Å². The van der Waals surface area contributed by atoms with Crippen molar-refractivity contribution in [1.82, 2.24) is 14.8 Å².